The molecule has 0 saturated carbocycles. The van der Waals surface area contributed by atoms with Gasteiger partial charge in [-0.15, -0.1) is 0 Å². The Morgan fingerprint density at radius 1 is 1.38 bits per heavy atom. The molecular formula is C14H16N2. The molecule has 0 atom stereocenters. The zero-order valence-corrected chi connectivity index (χ0v) is 9.75. The molecule has 2 aromatic rings. The van der Waals surface area contributed by atoms with Crippen LogP contribution in [0.2, 0.25) is 0 Å². The first-order chi connectivity index (χ1) is 7.66. The molecule has 0 radical (unpaired) electrons. The van der Waals surface area contributed by atoms with Gasteiger partial charge in [-0.25, -0.2) is 0 Å². The molecule has 1 aromatic carbocycles. The first-order valence-corrected chi connectivity index (χ1v) is 5.41. The molecule has 0 fully saturated rings. The number of fused-ring (bicyclic) bond motifs is 1. The van der Waals surface area contributed by atoms with E-state index in [9.17, 15) is 0 Å². The fourth-order valence-corrected chi connectivity index (χ4v) is 1.70. The van der Waals surface area contributed by atoms with Crippen LogP contribution in [0.4, 0.5) is 5.69 Å². The predicted molar refractivity (Wildman–Crippen MR) is 69.8 cm³/mol. The van der Waals surface area contributed by atoms with Crippen molar-refractivity contribution in [3.63, 3.8) is 0 Å². The molecule has 0 aliphatic heterocycles. The van der Waals surface area contributed by atoms with Crippen molar-refractivity contribution in [2.75, 3.05) is 11.9 Å². The molecule has 0 unspecified atom stereocenters. The Labute approximate surface area is 96.0 Å². The number of aromatic nitrogens is 1. The molecule has 1 heterocycles. The summed E-state index contributed by atoms with van der Waals surface area (Å²) in [5.74, 6) is 0. The van der Waals surface area contributed by atoms with Crippen molar-refractivity contribution in [1.82, 2.24) is 4.98 Å². The van der Waals surface area contributed by atoms with Crippen molar-refractivity contribution in [1.29, 1.82) is 0 Å². The number of hydrogen-bond donors (Lipinski definition) is 1. The predicted octanol–water partition coefficient (Wildman–Crippen LogP) is 3.53. The number of pyridine rings is 1. The quantitative estimate of drug-likeness (QED) is 0.787. The second kappa shape index (κ2) is 4.35. The Hall–Kier alpha value is -1.83. The number of aryl methyl sites for hydroxylation is 1. The van der Waals surface area contributed by atoms with E-state index in [0.717, 1.165) is 34.4 Å². The summed E-state index contributed by atoms with van der Waals surface area (Å²) in [4.78, 5) is 4.50. The maximum absolute atomic E-state index is 4.50. The van der Waals surface area contributed by atoms with Gasteiger partial charge in [0.05, 0.1) is 5.52 Å². The van der Waals surface area contributed by atoms with E-state index in [1.165, 1.54) is 0 Å². The van der Waals surface area contributed by atoms with Crippen LogP contribution in [0.5, 0.6) is 0 Å². The lowest BCUT2D eigenvalue weighted by atomic mass is 10.1. The maximum atomic E-state index is 4.50. The summed E-state index contributed by atoms with van der Waals surface area (Å²) in [5.41, 5.74) is 4.32. The molecule has 2 heteroatoms. The third kappa shape index (κ3) is 2.22. The highest BCUT2D eigenvalue weighted by Gasteiger charge is 2.02. The van der Waals surface area contributed by atoms with E-state index in [1.54, 1.807) is 0 Å². The highest BCUT2D eigenvalue weighted by Crippen LogP contribution is 2.22. The topological polar surface area (TPSA) is 24.9 Å². The lowest BCUT2D eigenvalue weighted by Crippen LogP contribution is -2.03. The summed E-state index contributed by atoms with van der Waals surface area (Å²) in [6.45, 7) is 8.72. The van der Waals surface area contributed by atoms with Crippen LogP contribution >= 0.6 is 0 Å². The molecule has 0 aliphatic carbocycles. The van der Waals surface area contributed by atoms with Crippen molar-refractivity contribution in [3.05, 3.63) is 48.2 Å². The molecule has 0 spiro atoms. The first-order valence-electron chi connectivity index (χ1n) is 5.41. The van der Waals surface area contributed by atoms with Crippen LogP contribution in [0.1, 0.15) is 12.6 Å². The monoisotopic (exact) mass is 212 g/mol. The van der Waals surface area contributed by atoms with Gasteiger partial charge >= 0.3 is 0 Å². The van der Waals surface area contributed by atoms with Gasteiger partial charge in [0, 0.05) is 23.3 Å². The van der Waals surface area contributed by atoms with Gasteiger partial charge in [0.15, 0.2) is 0 Å². The largest absolute Gasteiger partial charge is 0.381 e. The summed E-state index contributed by atoms with van der Waals surface area (Å²) in [5, 5.41) is 4.55. The minimum Gasteiger partial charge on any atom is -0.381 e. The number of anilines is 1. The van der Waals surface area contributed by atoms with E-state index < -0.39 is 0 Å². The van der Waals surface area contributed by atoms with Crippen molar-refractivity contribution < 1.29 is 0 Å². The number of para-hydroxylation sites is 1. The summed E-state index contributed by atoms with van der Waals surface area (Å²) in [6, 6.07) is 10.2. The summed E-state index contributed by atoms with van der Waals surface area (Å²) < 4.78 is 0. The molecule has 0 saturated heterocycles. The zero-order chi connectivity index (χ0) is 11.5. The average molecular weight is 212 g/mol. The fraction of sp³-hybridized carbons (Fsp3) is 0.214. The van der Waals surface area contributed by atoms with Gasteiger partial charge in [-0.3, -0.25) is 4.98 Å². The molecule has 0 amide bonds. The van der Waals surface area contributed by atoms with Crippen LogP contribution in [0.25, 0.3) is 10.9 Å². The lowest BCUT2D eigenvalue weighted by molar-refractivity contribution is 1.20. The Bertz CT molecular complexity index is 529. The Morgan fingerprint density at radius 2 is 2.12 bits per heavy atom. The third-order valence-corrected chi connectivity index (χ3v) is 2.42. The van der Waals surface area contributed by atoms with Gasteiger partial charge in [0.1, 0.15) is 0 Å². The maximum Gasteiger partial charge on any atom is 0.0725 e. The van der Waals surface area contributed by atoms with Crippen LogP contribution in [-0.4, -0.2) is 11.5 Å². The van der Waals surface area contributed by atoms with Gasteiger partial charge in [-0.1, -0.05) is 30.4 Å². The second-order valence-corrected chi connectivity index (χ2v) is 4.14. The molecule has 1 aromatic heterocycles. The van der Waals surface area contributed by atoms with Crippen LogP contribution in [0.15, 0.2) is 42.5 Å². The van der Waals surface area contributed by atoms with Crippen LogP contribution in [-0.2, 0) is 0 Å². The number of nitrogens with zero attached hydrogens (tertiary/aromatic N) is 1. The summed E-state index contributed by atoms with van der Waals surface area (Å²) in [7, 11) is 0. The van der Waals surface area contributed by atoms with Crippen molar-refractivity contribution in [2.24, 2.45) is 0 Å². The van der Waals surface area contributed by atoms with E-state index in [-0.39, 0.29) is 0 Å². The Balaban J connectivity index is 2.46. The van der Waals surface area contributed by atoms with E-state index in [0.29, 0.717) is 0 Å². The highest BCUT2D eigenvalue weighted by molar-refractivity contribution is 5.91. The molecule has 82 valence electrons. The minimum atomic E-state index is 0.799. The average Bonchev–Trinajstić information content (AvgIpc) is 2.25. The van der Waals surface area contributed by atoms with Crippen molar-refractivity contribution in [2.45, 2.75) is 13.8 Å². The van der Waals surface area contributed by atoms with E-state index >= 15 is 0 Å². The zero-order valence-electron chi connectivity index (χ0n) is 9.75. The normalized spacial score (nSPS) is 10.4. The molecule has 2 nitrogen and oxygen atoms in total. The third-order valence-electron chi connectivity index (χ3n) is 2.42. The van der Waals surface area contributed by atoms with Crippen molar-refractivity contribution >= 4 is 16.6 Å². The summed E-state index contributed by atoms with van der Waals surface area (Å²) >= 11 is 0. The van der Waals surface area contributed by atoms with E-state index in [1.807, 2.05) is 32.0 Å². The lowest BCUT2D eigenvalue weighted by Gasteiger charge is -2.10. The van der Waals surface area contributed by atoms with Crippen LogP contribution < -0.4 is 5.32 Å². The first kappa shape index (κ1) is 10.7. The molecular weight excluding hydrogens is 196 g/mol. The van der Waals surface area contributed by atoms with Gasteiger partial charge in [0.2, 0.25) is 0 Å². The number of rotatable bonds is 3. The molecule has 0 aliphatic rings. The number of hydrogen-bond acceptors (Lipinski definition) is 2. The number of benzene rings is 1. The van der Waals surface area contributed by atoms with Crippen molar-refractivity contribution in [3.8, 4) is 0 Å². The second-order valence-electron chi connectivity index (χ2n) is 4.14. The van der Waals surface area contributed by atoms with E-state index in [4.69, 9.17) is 0 Å². The summed E-state index contributed by atoms with van der Waals surface area (Å²) in [6.07, 6.45) is 0. The van der Waals surface area contributed by atoms with E-state index in [2.05, 4.69) is 29.0 Å². The molecule has 2 rings (SSSR count). The SMILES string of the molecule is C=C(C)CNc1cc(C)nc2ccccc12. The standard InChI is InChI=1S/C14H16N2/c1-10(2)9-15-14-8-11(3)16-13-7-5-4-6-12(13)14/h4-8H,1,9H2,2-3H3,(H,15,16). The molecule has 0 bridgehead atoms. The van der Waals surface area contributed by atoms with Crippen LogP contribution in [0.3, 0.4) is 0 Å². The van der Waals surface area contributed by atoms with Crippen LogP contribution in [0, 0.1) is 6.92 Å². The Morgan fingerprint density at radius 3 is 2.88 bits per heavy atom. The van der Waals surface area contributed by atoms with Gasteiger partial charge in [-0.2, -0.15) is 0 Å². The number of nitrogens with one attached hydrogen (secondary N) is 1. The minimum absolute atomic E-state index is 0.799. The highest BCUT2D eigenvalue weighted by atomic mass is 14.9. The Kier molecular flexibility index (Phi) is 2.91. The smallest absolute Gasteiger partial charge is 0.0725 e. The van der Waals surface area contributed by atoms with Gasteiger partial charge < -0.3 is 5.32 Å². The van der Waals surface area contributed by atoms with Gasteiger partial charge in [-0.05, 0) is 26.0 Å². The molecule has 1 N–H and O–H groups in total. The van der Waals surface area contributed by atoms with Gasteiger partial charge in [0.25, 0.3) is 0 Å². The molecule has 16 heavy (non-hydrogen) atoms. The fourth-order valence-electron chi connectivity index (χ4n) is 1.70.